The Morgan fingerprint density at radius 2 is 2.00 bits per heavy atom. The van der Waals surface area contributed by atoms with Gasteiger partial charge < -0.3 is 4.74 Å². The quantitative estimate of drug-likeness (QED) is 0.483. The molecule has 1 heterocycles. The number of esters is 1. The Morgan fingerprint density at radius 3 is 2.67 bits per heavy atom. The monoisotopic (exact) mass is 285 g/mol. The predicted octanol–water partition coefficient (Wildman–Crippen LogP) is 1.91. The normalized spacial score (nSPS) is 20.0. The van der Waals surface area contributed by atoms with Crippen molar-refractivity contribution in [2.45, 2.75) is 32.2 Å². The lowest BCUT2D eigenvalue weighted by molar-refractivity contribution is -0.139. The largest absolute Gasteiger partial charge is 0.426 e. The van der Waals surface area contributed by atoms with Gasteiger partial charge >= 0.3 is 5.97 Å². The predicted molar refractivity (Wildman–Crippen MR) is 74.4 cm³/mol. The summed E-state index contributed by atoms with van der Waals surface area (Å²) in [5.74, 6) is -0.321. The molecule has 1 aliphatic heterocycles. The zero-order valence-corrected chi connectivity index (χ0v) is 11.7. The van der Waals surface area contributed by atoms with Gasteiger partial charge in [0.2, 0.25) is 0 Å². The number of rotatable bonds is 3. The number of fused-ring (bicyclic) bond motifs is 1. The second-order valence-electron chi connectivity index (χ2n) is 5.09. The molecule has 21 heavy (non-hydrogen) atoms. The van der Waals surface area contributed by atoms with Crippen molar-refractivity contribution < 1.29 is 19.1 Å². The van der Waals surface area contributed by atoms with E-state index in [1.807, 2.05) is 6.07 Å². The van der Waals surface area contributed by atoms with Crippen LogP contribution < -0.4 is 4.74 Å². The summed E-state index contributed by atoms with van der Waals surface area (Å²) in [5, 5.41) is 0. The van der Waals surface area contributed by atoms with Gasteiger partial charge in [0.05, 0.1) is 6.04 Å². The third-order valence-electron chi connectivity index (χ3n) is 3.86. The lowest BCUT2D eigenvalue weighted by Crippen LogP contribution is -2.33. The van der Waals surface area contributed by atoms with E-state index in [4.69, 9.17) is 4.74 Å². The van der Waals surface area contributed by atoms with Crippen LogP contribution in [0.3, 0.4) is 0 Å². The van der Waals surface area contributed by atoms with Crippen molar-refractivity contribution in [3.8, 4) is 5.75 Å². The smallest absolute Gasteiger partial charge is 0.310 e. The number of hydrogen-bond acceptors (Lipinski definition) is 4. The van der Waals surface area contributed by atoms with Crippen LogP contribution in [0.4, 0.5) is 0 Å². The van der Waals surface area contributed by atoms with E-state index in [1.165, 1.54) is 17.1 Å². The third kappa shape index (κ3) is 2.24. The molecule has 1 aromatic carbocycles. The molecule has 5 heteroatoms. The summed E-state index contributed by atoms with van der Waals surface area (Å²) in [5.41, 5.74) is 1.80. The van der Waals surface area contributed by atoms with Crippen LogP contribution in [0.25, 0.3) is 0 Å². The standard InChI is InChI=1S/C16H15NO4/c1-2-16(20)21-13-5-3-4-10-11(13)6-7-12(10)17-14(18)8-9-15(17)19/h3-5,8-9,12H,2,6-7H2,1H3/t12-/m0/s1. The van der Waals surface area contributed by atoms with Gasteiger partial charge in [-0.1, -0.05) is 19.1 Å². The molecule has 0 bridgehead atoms. The fourth-order valence-electron chi connectivity index (χ4n) is 2.88. The Labute approximate surface area is 122 Å². The van der Waals surface area contributed by atoms with Gasteiger partial charge in [-0.15, -0.1) is 0 Å². The van der Waals surface area contributed by atoms with Crippen LogP contribution in [0.2, 0.25) is 0 Å². The average molecular weight is 285 g/mol. The Morgan fingerprint density at radius 1 is 1.29 bits per heavy atom. The van der Waals surface area contributed by atoms with Crippen LogP contribution in [-0.4, -0.2) is 22.7 Å². The summed E-state index contributed by atoms with van der Waals surface area (Å²) < 4.78 is 5.33. The number of carbonyl (C=O) groups is 3. The van der Waals surface area contributed by atoms with Gasteiger partial charge in [-0.05, 0) is 24.5 Å². The van der Waals surface area contributed by atoms with Crippen molar-refractivity contribution in [2.24, 2.45) is 0 Å². The first-order valence-corrected chi connectivity index (χ1v) is 6.99. The lowest BCUT2D eigenvalue weighted by atomic mass is 10.1. The fourth-order valence-corrected chi connectivity index (χ4v) is 2.88. The number of hydrogen-bond donors (Lipinski definition) is 0. The Balaban J connectivity index is 1.93. The van der Waals surface area contributed by atoms with Gasteiger partial charge in [0.15, 0.2) is 0 Å². The summed E-state index contributed by atoms with van der Waals surface area (Å²) in [6, 6.07) is 5.15. The van der Waals surface area contributed by atoms with Crippen LogP contribution in [0.5, 0.6) is 5.75 Å². The fraction of sp³-hybridized carbons (Fsp3) is 0.312. The molecule has 2 aliphatic rings. The average Bonchev–Trinajstić information content (AvgIpc) is 3.03. The zero-order valence-electron chi connectivity index (χ0n) is 11.7. The molecule has 1 aromatic rings. The lowest BCUT2D eigenvalue weighted by Gasteiger charge is -2.23. The van der Waals surface area contributed by atoms with Crippen LogP contribution >= 0.6 is 0 Å². The minimum absolute atomic E-state index is 0.268. The number of ether oxygens (including phenoxy) is 1. The minimum atomic E-state index is -0.290. The topological polar surface area (TPSA) is 63.7 Å². The van der Waals surface area contributed by atoms with Gasteiger partial charge in [-0.3, -0.25) is 19.3 Å². The summed E-state index contributed by atoms with van der Waals surface area (Å²) in [6.07, 6.45) is 4.24. The molecule has 0 fully saturated rings. The number of amides is 2. The molecule has 1 atom stereocenters. The summed E-state index contributed by atoms with van der Waals surface area (Å²) in [4.78, 5) is 36.4. The molecule has 0 radical (unpaired) electrons. The van der Waals surface area contributed by atoms with E-state index in [1.54, 1.807) is 19.1 Å². The van der Waals surface area contributed by atoms with Crippen LogP contribution in [-0.2, 0) is 20.8 Å². The highest BCUT2D eigenvalue weighted by molar-refractivity contribution is 6.13. The van der Waals surface area contributed by atoms with Gasteiger partial charge in [0, 0.05) is 24.1 Å². The van der Waals surface area contributed by atoms with E-state index in [0.29, 0.717) is 25.0 Å². The molecule has 0 N–H and O–H groups in total. The van der Waals surface area contributed by atoms with E-state index < -0.39 is 0 Å². The molecular weight excluding hydrogens is 270 g/mol. The zero-order chi connectivity index (χ0) is 15.0. The molecule has 2 amide bonds. The van der Waals surface area contributed by atoms with Crippen LogP contribution in [0.1, 0.15) is 36.9 Å². The SMILES string of the molecule is CCC(=O)Oc1cccc2c1CC[C@@H]2N1C(=O)C=CC1=O. The second kappa shape index (κ2) is 5.16. The number of imide groups is 1. The maximum Gasteiger partial charge on any atom is 0.310 e. The molecule has 0 saturated carbocycles. The number of carbonyl (C=O) groups excluding carboxylic acids is 3. The molecule has 1 aliphatic carbocycles. The molecule has 0 spiro atoms. The minimum Gasteiger partial charge on any atom is -0.426 e. The van der Waals surface area contributed by atoms with Gasteiger partial charge in [0.25, 0.3) is 11.8 Å². The highest BCUT2D eigenvalue weighted by Crippen LogP contribution is 2.41. The van der Waals surface area contributed by atoms with Crippen molar-refractivity contribution in [1.82, 2.24) is 4.90 Å². The van der Waals surface area contributed by atoms with Gasteiger partial charge in [-0.2, -0.15) is 0 Å². The second-order valence-corrected chi connectivity index (χ2v) is 5.09. The number of nitrogens with zero attached hydrogens (tertiary/aromatic N) is 1. The van der Waals surface area contributed by atoms with Gasteiger partial charge in [0.1, 0.15) is 5.75 Å². The Bertz CT molecular complexity index is 644. The first kappa shape index (κ1) is 13.5. The van der Waals surface area contributed by atoms with E-state index in [-0.39, 0.29) is 23.8 Å². The summed E-state index contributed by atoms with van der Waals surface area (Å²) >= 11 is 0. The van der Waals surface area contributed by atoms with E-state index in [9.17, 15) is 14.4 Å². The van der Waals surface area contributed by atoms with Crippen LogP contribution in [0.15, 0.2) is 30.4 Å². The molecule has 3 rings (SSSR count). The van der Waals surface area contributed by atoms with Crippen molar-refractivity contribution in [3.05, 3.63) is 41.5 Å². The Hall–Kier alpha value is -2.43. The van der Waals surface area contributed by atoms with Crippen molar-refractivity contribution >= 4 is 17.8 Å². The maximum atomic E-state index is 11.8. The van der Waals surface area contributed by atoms with Crippen molar-refractivity contribution in [1.29, 1.82) is 0 Å². The summed E-state index contributed by atoms with van der Waals surface area (Å²) in [6.45, 7) is 1.74. The van der Waals surface area contributed by atoms with E-state index in [2.05, 4.69) is 0 Å². The maximum absolute atomic E-state index is 11.8. The first-order chi connectivity index (χ1) is 10.1. The van der Waals surface area contributed by atoms with Crippen molar-refractivity contribution in [2.75, 3.05) is 0 Å². The summed E-state index contributed by atoms with van der Waals surface area (Å²) in [7, 11) is 0. The first-order valence-electron chi connectivity index (χ1n) is 6.99. The molecule has 0 aromatic heterocycles. The van der Waals surface area contributed by atoms with E-state index >= 15 is 0 Å². The highest BCUT2D eigenvalue weighted by atomic mass is 16.5. The molecule has 108 valence electrons. The molecule has 0 unspecified atom stereocenters. The highest BCUT2D eigenvalue weighted by Gasteiger charge is 2.37. The molecule has 5 nitrogen and oxygen atoms in total. The van der Waals surface area contributed by atoms with Gasteiger partial charge in [-0.25, -0.2) is 0 Å². The van der Waals surface area contributed by atoms with Crippen molar-refractivity contribution in [3.63, 3.8) is 0 Å². The molecular formula is C16H15NO4. The van der Waals surface area contributed by atoms with E-state index in [0.717, 1.165) is 11.1 Å². The Kier molecular flexibility index (Phi) is 3.33. The van der Waals surface area contributed by atoms with Crippen LogP contribution in [0, 0.1) is 0 Å². The molecule has 0 saturated heterocycles. The third-order valence-corrected chi connectivity index (χ3v) is 3.86. The number of benzene rings is 1.